The summed E-state index contributed by atoms with van der Waals surface area (Å²) in [6.45, 7) is 5.79. The lowest BCUT2D eigenvalue weighted by Gasteiger charge is -2.18. The third kappa shape index (κ3) is 4.09. The smallest absolute Gasteiger partial charge is 0.245 e. The van der Waals surface area contributed by atoms with Gasteiger partial charge in [-0.05, 0) is 62.6 Å². The Balaban J connectivity index is 1.77. The zero-order valence-corrected chi connectivity index (χ0v) is 16.3. The van der Waals surface area contributed by atoms with Gasteiger partial charge in [-0.3, -0.25) is 9.59 Å². The highest BCUT2D eigenvalue weighted by atomic mass is 32.2. The van der Waals surface area contributed by atoms with E-state index in [1.54, 1.807) is 4.90 Å². The molecule has 1 aliphatic heterocycles. The highest BCUT2D eigenvalue weighted by Gasteiger charge is 2.35. The standard InChI is InChI=1S/C20H22N2O4S/c1-13-10-14(2)12-17(11-13)22-9-8-19(20(22)24)21-27(25,26)18-6-4-16(5-7-18)15(3)23/h4-7,10-12,19,21H,8-9H2,1-3H3/t19-/m1/s1. The summed E-state index contributed by atoms with van der Waals surface area (Å²) in [7, 11) is -3.85. The Labute approximate surface area is 159 Å². The van der Waals surface area contributed by atoms with Gasteiger partial charge in [0, 0.05) is 17.8 Å². The highest BCUT2D eigenvalue weighted by molar-refractivity contribution is 7.89. The van der Waals surface area contributed by atoms with Crippen molar-refractivity contribution in [2.75, 3.05) is 11.4 Å². The molecule has 0 radical (unpaired) electrons. The van der Waals surface area contributed by atoms with Crippen molar-refractivity contribution in [3.05, 3.63) is 59.2 Å². The minimum absolute atomic E-state index is 0.0325. The summed E-state index contributed by atoms with van der Waals surface area (Å²) in [4.78, 5) is 25.7. The zero-order chi connectivity index (χ0) is 19.8. The monoisotopic (exact) mass is 386 g/mol. The summed E-state index contributed by atoms with van der Waals surface area (Å²) >= 11 is 0. The van der Waals surface area contributed by atoms with Crippen molar-refractivity contribution in [1.29, 1.82) is 0 Å². The van der Waals surface area contributed by atoms with Crippen molar-refractivity contribution in [3.8, 4) is 0 Å². The van der Waals surface area contributed by atoms with Gasteiger partial charge in [-0.1, -0.05) is 18.2 Å². The molecule has 2 aromatic rings. The zero-order valence-electron chi connectivity index (χ0n) is 15.5. The summed E-state index contributed by atoms with van der Waals surface area (Å²) in [5.41, 5.74) is 3.32. The SMILES string of the molecule is CC(=O)c1ccc(S(=O)(=O)N[C@@H]2CCN(c3cc(C)cc(C)c3)C2=O)cc1. The molecule has 0 saturated carbocycles. The number of Topliss-reactive ketones (excluding diaryl/α,β-unsaturated/α-hetero) is 1. The van der Waals surface area contributed by atoms with E-state index in [1.807, 2.05) is 32.0 Å². The third-order valence-electron chi connectivity index (χ3n) is 4.59. The van der Waals surface area contributed by atoms with E-state index >= 15 is 0 Å². The largest absolute Gasteiger partial charge is 0.311 e. The number of benzene rings is 2. The van der Waals surface area contributed by atoms with Gasteiger partial charge in [0.15, 0.2) is 5.78 Å². The minimum Gasteiger partial charge on any atom is -0.311 e. The normalized spacial score (nSPS) is 17.4. The van der Waals surface area contributed by atoms with Gasteiger partial charge in [0.2, 0.25) is 15.9 Å². The summed E-state index contributed by atoms with van der Waals surface area (Å²) in [6, 6.07) is 10.7. The van der Waals surface area contributed by atoms with Crippen LogP contribution in [0, 0.1) is 13.8 Å². The van der Waals surface area contributed by atoms with E-state index in [1.165, 1.54) is 31.2 Å². The molecule has 1 aliphatic rings. The van der Waals surface area contributed by atoms with Crippen LogP contribution in [0.2, 0.25) is 0 Å². The molecule has 1 heterocycles. The van der Waals surface area contributed by atoms with Gasteiger partial charge in [0.25, 0.3) is 0 Å². The minimum atomic E-state index is -3.85. The van der Waals surface area contributed by atoms with Crippen LogP contribution in [0.4, 0.5) is 5.69 Å². The quantitative estimate of drug-likeness (QED) is 0.801. The summed E-state index contributed by atoms with van der Waals surface area (Å²) in [5.74, 6) is -0.397. The maximum absolute atomic E-state index is 12.7. The summed E-state index contributed by atoms with van der Waals surface area (Å²) in [5, 5.41) is 0. The Hall–Kier alpha value is -2.51. The van der Waals surface area contributed by atoms with Gasteiger partial charge >= 0.3 is 0 Å². The molecule has 1 N–H and O–H groups in total. The number of carbonyl (C=O) groups excluding carboxylic acids is 2. The summed E-state index contributed by atoms with van der Waals surface area (Å²) < 4.78 is 27.7. The van der Waals surface area contributed by atoms with Crippen LogP contribution in [-0.2, 0) is 14.8 Å². The molecule has 1 atom stereocenters. The van der Waals surface area contributed by atoms with Crippen LogP contribution in [0.3, 0.4) is 0 Å². The molecular weight excluding hydrogens is 364 g/mol. The first kappa shape index (κ1) is 19.3. The van der Waals surface area contributed by atoms with Crippen LogP contribution in [0.1, 0.15) is 34.8 Å². The van der Waals surface area contributed by atoms with E-state index < -0.39 is 16.1 Å². The highest BCUT2D eigenvalue weighted by Crippen LogP contribution is 2.25. The maximum atomic E-state index is 12.7. The fourth-order valence-electron chi connectivity index (χ4n) is 3.28. The number of hydrogen-bond acceptors (Lipinski definition) is 4. The van der Waals surface area contributed by atoms with E-state index in [0.717, 1.165) is 16.8 Å². The predicted molar refractivity (Wildman–Crippen MR) is 103 cm³/mol. The topological polar surface area (TPSA) is 83.6 Å². The van der Waals surface area contributed by atoms with Crippen LogP contribution in [0.25, 0.3) is 0 Å². The van der Waals surface area contributed by atoms with Crippen molar-refractivity contribution in [2.24, 2.45) is 0 Å². The molecule has 1 fully saturated rings. The Bertz CT molecular complexity index is 977. The molecule has 0 aliphatic carbocycles. The first-order valence-electron chi connectivity index (χ1n) is 8.70. The Morgan fingerprint density at radius 3 is 2.22 bits per heavy atom. The van der Waals surface area contributed by atoms with Crippen molar-refractivity contribution >= 4 is 27.4 Å². The van der Waals surface area contributed by atoms with Crippen molar-refractivity contribution in [3.63, 3.8) is 0 Å². The van der Waals surface area contributed by atoms with Gasteiger partial charge in [-0.15, -0.1) is 0 Å². The Morgan fingerprint density at radius 1 is 1.07 bits per heavy atom. The van der Waals surface area contributed by atoms with Gasteiger partial charge in [0.05, 0.1) is 4.90 Å². The van der Waals surface area contributed by atoms with Gasteiger partial charge in [-0.25, -0.2) is 8.42 Å². The molecule has 3 rings (SSSR count). The number of ketones is 1. The number of hydrogen-bond donors (Lipinski definition) is 1. The molecule has 7 heteroatoms. The molecule has 6 nitrogen and oxygen atoms in total. The Morgan fingerprint density at radius 2 is 1.67 bits per heavy atom. The van der Waals surface area contributed by atoms with Crippen molar-refractivity contribution in [2.45, 2.75) is 38.1 Å². The molecule has 0 spiro atoms. The second kappa shape index (κ2) is 7.25. The second-order valence-electron chi connectivity index (χ2n) is 6.88. The number of nitrogens with one attached hydrogen (secondary N) is 1. The molecule has 0 bridgehead atoms. The van der Waals surface area contributed by atoms with Crippen LogP contribution in [0.5, 0.6) is 0 Å². The first-order valence-corrected chi connectivity index (χ1v) is 10.2. The number of nitrogens with zero attached hydrogens (tertiary/aromatic N) is 1. The molecule has 0 unspecified atom stereocenters. The molecule has 0 aromatic heterocycles. The lowest BCUT2D eigenvalue weighted by Crippen LogP contribution is -2.41. The second-order valence-corrected chi connectivity index (χ2v) is 8.59. The van der Waals surface area contributed by atoms with E-state index in [2.05, 4.69) is 4.72 Å². The number of aryl methyl sites for hydroxylation is 2. The predicted octanol–water partition coefficient (Wildman–Crippen LogP) is 2.59. The fourth-order valence-corrected chi connectivity index (χ4v) is 4.50. The number of sulfonamides is 1. The molecule has 142 valence electrons. The van der Waals surface area contributed by atoms with E-state index in [9.17, 15) is 18.0 Å². The molecule has 1 amide bonds. The Kier molecular flexibility index (Phi) is 5.17. The lowest BCUT2D eigenvalue weighted by molar-refractivity contribution is -0.118. The van der Waals surface area contributed by atoms with E-state index in [4.69, 9.17) is 0 Å². The fraction of sp³-hybridized carbons (Fsp3) is 0.300. The number of carbonyl (C=O) groups is 2. The summed E-state index contributed by atoms with van der Waals surface area (Å²) in [6.07, 6.45) is 0.399. The number of amides is 1. The third-order valence-corrected chi connectivity index (χ3v) is 6.08. The van der Waals surface area contributed by atoms with Gasteiger partial charge < -0.3 is 4.90 Å². The number of rotatable bonds is 5. The van der Waals surface area contributed by atoms with Crippen molar-refractivity contribution < 1.29 is 18.0 Å². The van der Waals surface area contributed by atoms with Crippen molar-refractivity contribution in [1.82, 2.24) is 4.72 Å². The lowest BCUT2D eigenvalue weighted by atomic mass is 10.1. The van der Waals surface area contributed by atoms with E-state index in [-0.39, 0.29) is 16.6 Å². The average molecular weight is 386 g/mol. The van der Waals surface area contributed by atoms with Gasteiger partial charge in [0.1, 0.15) is 6.04 Å². The molecule has 27 heavy (non-hydrogen) atoms. The van der Waals surface area contributed by atoms with Gasteiger partial charge in [-0.2, -0.15) is 4.72 Å². The molecular formula is C20H22N2O4S. The first-order chi connectivity index (χ1) is 12.7. The maximum Gasteiger partial charge on any atom is 0.245 e. The number of anilines is 1. The molecule has 2 aromatic carbocycles. The average Bonchev–Trinajstić information content (AvgIpc) is 2.94. The molecule has 1 saturated heterocycles. The van der Waals surface area contributed by atoms with Crippen LogP contribution >= 0.6 is 0 Å². The van der Waals surface area contributed by atoms with E-state index in [0.29, 0.717) is 18.5 Å². The van der Waals surface area contributed by atoms with Crippen LogP contribution in [-0.4, -0.2) is 32.7 Å². The van der Waals surface area contributed by atoms with Crippen LogP contribution in [0.15, 0.2) is 47.4 Å². The van der Waals surface area contributed by atoms with Crippen LogP contribution < -0.4 is 9.62 Å².